The van der Waals surface area contributed by atoms with Crippen LogP contribution in [0.2, 0.25) is 4.47 Å². The molecule has 0 bridgehead atoms. The normalized spacial score (nSPS) is 10.9. The van der Waals surface area contributed by atoms with Crippen molar-refractivity contribution < 1.29 is 0 Å². The Hall–Kier alpha value is -2.43. The number of pyridine rings is 1. The van der Waals surface area contributed by atoms with Crippen LogP contribution in [0.1, 0.15) is 4.88 Å². The monoisotopic (exact) mass is 351 g/mol. The van der Waals surface area contributed by atoms with Crippen molar-refractivity contribution >= 4 is 39.5 Å². The standard InChI is InChI=1S/C19H14ClN3S/c20-19-23-12-17(24-19)11-21-16-6-3-5-13(9-16)15-8-14-4-1-2-7-18(14)22-10-15/h1-10,12,21H,11H2. The Morgan fingerprint density at radius 1 is 0.917 bits per heavy atom. The fourth-order valence-electron chi connectivity index (χ4n) is 2.59. The van der Waals surface area contributed by atoms with Crippen LogP contribution in [0.25, 0.3) is 22.0 Å². The lowest BCUT2D eigenvalue weighted by molar-refractivity contribution is 1.17. The fraction of sp³-hybridized carbons (Fsp3) is 0.0526. The first kappa shape index (κ1) is 15.1. The van der Waals surface area contributed by atoms with Crippen LogP contribution in [0.15, 0.2) is 67.0 Å². The van der Waals surface area contributed by atoms with Gasteiger partial charge in [0, 0.05) is 33.9 Å². The van der Waals surface area contributed by atoms with Crippen molar-refractivity contribution in [1.29, 1.82) is 0 Å². The van der Waals surface area contributed by atoms with E-state index < -0.39 is 0 Å². The Balaban J connectivity index is 1.58. The maximum atomic E-state index is 5.87. The second-order valence-electron chi connectivity index (χ2n) is 5.43. The summed E-state index contributed by atoms with van der Waals surface area (Å²) in [6, 6.07) is 18.7. The van der Waals surface area contributed by atoms with Gasteiger partial charge >= 0.3 is 0 Å². The number of para-hydroxylation sites is 1. The average Bonchev–Trinajstić information content (AvgIpc) is 3.05. The first-order valence-corrected chi connectivity index (χ1v) is 8.77. The first-order valence-electron chi connectivity index (χ1n) is 7.57. The molecule has 1 N–H and O–H groups in total. The molecular weight excluding hydrogens is 338 g/mol. The number of rotatable bonds is 4. The molecule has 0 spiro atoms. The van der Waals surface area contributed by atoms with E-state index >= 15 is 0 Å². The smallest absolute Gasteiger partial charge is 0.183 e. The van der Waals surface area contributed by atoms with E-state index in [1.165, 1.54) is 11.3 Å². The van der Waals surface area contributed by atoms with Crippen molar-refractivity contribution in [2.45, 2.75) is 6.54 Å². The van der Waals surface area contributed by atoms with Crippen LogP contribution >= 0.6 is 22.9 Å². The second-order valence-corrected chi connectivity index (χ2v) is 7.13. The molecule has 0 saturated heterocycles. The summed E-state index contributed by atoms with van der Waals surface area (Å²) < 4.78 is 0.572. The Morgan fingerprint density at radius 3 is 2.71 bits per heavy atom. The third-order valence-corrected chi connectivity index (χ3v) is 4.89. The number of nitrogens with one attached hydrogen (secondary N) is 1. The van der Waals surface area contributed by atoms with Crippen molar-refractivity contribution in [3.05, 3.63) is 76.3 Å². The summed E-state index contributed by atoms with van der Waals surface area (Å²) >= 11 is 7.36. The molecular formula is C19H14ClN3S. The van der Waals surface area contributed by atoms with E-state index in [2.05, 4.69) is 45.6 Å². The number of aromatic nitrogens is 2. The molecule has 0 aliphatic rings. The lowest BCUT2D eigenvalue weighted by atomic mass is 10.0. The molecule has 0 fully saturated rings. The van der Waals surface area contributed by atoms with Gasteiger partial charge in [-0.15, -0.1) is 11.3 Å². The minimum atomic E-state index is 0.572. The van der Waals surface area contributed by atoms with Crippen molar-refractivity contribution in [1.82, 2.24) is 9.97 Å². The number of benzene rings is 2. The summed E-state index contributed by atoms with van der Waals surface area (Å²) in [5.41, 5.74) is 4.32. The SMILES string of the molecule is Clc1ncc(CNc2cccc(-c3cnc4ccccc4c3)c2)s1. The third kappa shape index (κ3) is 3.25. The number of hydrogen-bond donors (Lipinski definition) is 1. The van der Waals surface area contributed by atoms with Gasteiger partial charge in [-0.25, -0.2) is 4.98 Å². The van der Waals surface area contributed by atoms with Gasteiger partial charge in [0.05, 0.1) is 12.1 Å². The predicted molar refractivity (Wildman–Crippen MR) is 102 cm³/mol. The van der Waals surface area contributed by atoms with Gasteiger partial charge in [0.2, 0.25) is 0 Å². The van der Waals surface area contributed by atoms with E-state index in [1.54, 1.807) is 6.20 Å². The highest BCUT2D eigenvalue weighted by molar-refractivity contribution is 7.15. The molecule has 4 aromatic rings. The molecule has 0 unspecified atom stereocenters. The van der Waals surface area contributed by atoms with E-state index in [0.717, 1.165) is 32.6 Å². The zero-order valence-electron chi connectivity index (χ0n) is 12.7. The largest absolute Gasteiger partial charge is 0.380 e. The highest BCUT2D eigenvalue weighted by Crippen LogP contribution is 2.26. The fourth-order valence-corrected chi connectivity index (χ4v) is 3.51. The first-order chi connectivity index (χ1) is 11.8. The molecule has 24 heavy (non-hydrogen) atoms. The maximum absolute atomic E-state index is 5.87. The molecule has 0 amide bonds. The molecule has 3 nitrogen and oxygen atoms in total. The maximum Gasteiger partial charge on any atom is 0.183 e. The van der Waals surface area contributed by atoms with E-state index in [-0.39, 0.29) is 0 Å². The number of fused-ring (bicyclic) bond motifs is 1. The van der Waals surface area contributed by atoms with Crippen molar-refractivity contribution in [3.63, 3.8) is 0 Å². The summed E-state index contributed by atoms with van der Waals surface area (Å²) in [4.78, 5) is 9.71. The second kappa shape index (κ2) is 6.59. The molecule has 0 saturated carbocycles. The van der Waals surface area contributed by atoms with Crippen LogP contribution < -0.4 is 5.32 Å². The van der Waals surface area contributed by atoms with Crippen molar-refractivity contribution in [2.24, 2.45) is 0 Å². The van der Waals surface area contributed by atoms with Gasteiger partial charge in [-0.05, 0) is 29.8 Å². The Bertz CT molecular complexity index is 997. The third-order valence-electron chi connectivity index (χ3n) is 3.78. The minimum Gasteiger partial charge on any atom is -0.380 e. The van der Waals surface area contributed by atoms with Gasteiger partial charge in [0.25, 0.3) is 0 Å². The van der Waals surface area contributed by atoms with Crippen LogP contribution in [-0.4, -0.2) is 9.97 Å². The lowest BCUT2D eigenvalue weighted by Crippen LogP contribution is -1.97. The molecule has 0 atom stereocenters. The predicted octanol–water partition coefficient (Wildman–Crippen LogP) is 5.62. The van der Waals surface area contributed by atoms with Crippen LogP contribution in [0.3, 0.4) is 0 Å². The molecule has 0 radical (unpaired) electrons. The van der Waals surface area contributed by atoms with Crippen molar-refractivity contribution in [3.8, 4) is 11.1 Å². The van der Waals surface area contributed by atoms with E-state index in [1.807, 2.05) is 30.5 Å². The Labute approximate surface area is 149 Å². The van der Waals surface area contributed by atoms with Crippen LogP contribution in [0.5, 0.6) is 0 Å². The molecule has 2 heterocycles. The number of thiazole rings is 1. The molecule has 2 aromatic heterocycles. The summed E-state index contributed by atoms with van der Waals surface area (Å²) in [5, 5.41) is 4.56. The highest BCUT2D eigenvalue weighted by Gasteiger charge is 2.03. The summed E-state index contributed by atoms with van der Waals surface area (Å²) in [7, 11) is 0. The van der Waals surface area contributed by atoms with Gasteiger partial charge < -0.3 is 5.32 Å². The molecule has 4 rings (SSSR count). The quantitative estimate of drug-likeness (QED) is 0.518. The van der Waals surface area contributed by atoms with Crippen molar-refractivity contribution in [2.75, 3.05) is 5.32 Å². The topological polar surface area (TPSA) is 37.8 Å². The lowest BCUT2D eigenvalue weighted by Gasteiger charge is -2.08. The zero-order chi connectivity index (χ0) is 16.4. The Morgan fingerprint density at radius 2 is 1.83 bits per heavy atom. The van der Waals surface area contributed by atoms with Gasteiger partial charge in [-0.2, -0.15) is 0 Å². The van der Waals surface area contributed by atoms with Crippen LogP contribution in [0, 0.1) is 0 Å². The van der Waals surface area contributed by atoms with E-state index in [0.29, 0.717) is 11.0 Å². The van der Waals surface area contributed by atoms with Gasteiger partial charge in [0.1, 0.15) is 0 Å². The summed E-state index contributed by atoms with van der Waals surface area (Å²) in [6.07, 6.45) is 3.72. The van der Waals surface area contributed by atoms with E-state index in [9.17, 15) is 0 Å². The molecule has 5 heteroatoms. The highest BCUT2D eigenvalue weighted by atomic mass is 35.5. The van der Waals surface area contributed by atoms with Gasteiger partial charge in [0.15, 0.2) is 4.47 Å². The molecule has 118 valence electrons. The van der Waals surface area contributed by atoms with Gasteiger partial charge in [-0.1, -0.05) is 41.9 Å². The number of anilines is 1. The minimum absolute atomic E-state index is 0.572. The van der Waals surface area contributed by atoms with Crippen LogP contribution in [-0.2, 0) is 6.54 Å². The van der Waals surface area contributed by atoms with E-state index in [4.69, 9.17) is 11.6 Å². The Kier molecular flexibility index (Phi) is 4.15. The van der Waals surface area contributed by atoms with Crippen LogP contribution in [0.4, 0.5) is 5.69 Å². The molecule has 0 aliphatic carbocycles. The average molecular weight is 352 g/mol. The summed E-state index contributed by atoms with van der Waals surface area (Å²) in [5.74, 6) is 0. The van der Waals surface area contributed by atoms with Gasteiger partial charge in [-0.3, -0.25) is 4.98 Å². The number of halogens is 1. The molecule has 2 aromatic carbocycles. The number of nitrogens with zero attached hydrogens (tertiary/aromatic N) is 2. The summed E-state index contributed by atoms with van der Waals surface area (Å²) in [6.45, 7) is 0.712. The molecule has 0 aliphatic heterocycles. The zero-order valence-corrected chi connectivity index (χ0v) is 14.3. The number of hydrogen-bond acceptors (Lipinski definition) is 4.